The van der Waals surface area contributed by atoms with E-state index in [1.807, 2.05) is 6.92 Å². The van der Waals surface area contributed by atoms with Gasteiger partial charge in [-0.05, 0) is 18.7 Å². The predicted molar refractivity (Wildman–Crippen MR) is 78.2 cm³/mol. The average molecular weight is 358 g/mol. The van der Waals surface area contributed by atoms with Gasteiger partial charge >= 0.3 is 0 Å². The van der Waals surface area contributed by atoms with E-state index in [4.69, 9.17) is 4.74 Å². The van der Waals surface area contributed by atoms with E-state index in [1.165, 1.54) is 31.6 Å². The highest BCUT2D eigenvalue weighted by Crippen LogP contribution is 2.31. The Bertz CT molecular complexity index is 616. The quantitative estimate of drug-likeness (QED) is 0.892. The highest BCUT2D eigenvalue weighted by atomic mass is 79.9. The van der Waals surface area contributed by atoms with Gasteiger partial charge in [0.1, 0.15) is 17.3 Å². The highest BCUT2D eigenvalue weighted by molar-refractivity contribution is 9.10. The first-order chi connectivity index (χ1) is 10.1. The molecule has 0 saturated heterocycles. The first-order valence-electron chi connectivity index (χ1n) is 6.31. The lowest BCUT2D eigenvalue weighted by Gasteiger charge is -2.20. The van der Waals surface area contributed by atoms with Crippen LogP contribution in [-0.4, -0.2) is 23.6 Å². The maximum absolute atomic E-state index is 14.2. The summed E-state index contributed by atoms with van der Waals surface area (Å²) in [5.74, 6) is -1.11. The van der Waals surface area contributed by atoms with Crippen LogP contribution in [0.25, 0.3) is 0 Å². The summed E-state index contributed by atoms with van der Waals surface area (Å²) in [5, 5.41) is 3.01. The summed E-state index contributed by atoms with van der Waals surface area (Å²) in [7, 11) is 1.44. The largest absolute Gasteiger partial charge is 0.480 e. The molecule has 0 bridgehead atoms. The van der Waals surface area contributed by atoms with E-state index < -0.39 is 17.7 Å². The third kappa shape index (κ3) is 3.36. The molecule has 1 heterocycles. The SMILES string of the molecule is CCNC(c1nccnc1OC)c1c(F)cc(Br)cc1F. The molecule has 0 amide bonds. The minimum absolute atomic E-state index is 0.112. The molecule has 7 heteroatoms. The molecule has 2 rings (SSSR count). The van der Waals surface area contributed by atoms with E-state index in [1.54, 1.807) is 0 Å². The van der Waals surface area contributed by atoms with Crippen LogP contribution in [0.2, 0.25) is 0 Å². The van der Waals surface area contributed by atoms with Gasteiger partial charge in [0.05, 0.1) is 13.2 Å². The van der Waals surface area contributed by atoms with Crippen LogP contribution in [-0.2, 0) is 0 Å². The Kier molecular flexibility index (Phi) is 5.19. The van der Waals surface area contributed by atoms with Crippen LogP contribution < -0.4 is 10.1 Å². The van der Waals surface area contributed by atoms with Gasteiger partial charge in [-0.3, -0.25) is 4.98 Å². The van der Waals surface area contributed by atoms with Crippen molar-refractivity contribution in [3.05, 3.63) is 51.9 Å². The highest BCUT2D eigenvalue weighted by Gasteiger charge is 2.26. The van der Waals surface area contributed by atoms with E-state index >= 15 is 0 Å². The normalized spacial score (nSPS) is 12.2. The summed E-state index contributed by atoms with van der Waals surface area (Å²) in [6, 6.07) is 1.64. The number of nitrogens with one attached hydrogen (secondary N) is 1. The zero-order valence-electron chi connectivity index (χ0n) is 11.5. The standard InChI is InChI=1S/C14H14BrF2N3O/c1-3-18-12(13-14(21-2)20-5-4-19-13)11-9(16)6-8(15)7-10(11)17/h4-7,12,18H,3H2,1-2H3. The van der Waals surface area contributed by atoms with Crippen LogP contribution in [0.15, 0.2) is 29.0 Å². The summed E-state index contributed by atoms with van der Waals surface area (Å²) in [6.45, 7) is 2.34. The molecule has 1 aromatic heterocycles. The van der Waals surface area contributed by atoms with Gasteiger partial charge in [0.2, 0.25) is 5.88 Å². The second-order valence-corrected chi connectivity index (χ2v) is 5.14. The zero-order valence-corrected chi connectivity index (χ0v) is 13.1. The van der Waals surface area contributed by atoms with E-state index in [-0.39, 0.29) is 11.4 Å². The molecule has 0 radical (unpaired) electrons. The van der Waals surface area contributed by atoms with Gasteiger partial charge in [-0.1, -0.05) is 22.9 Å². The summed E-state index contributed by atoms with van der Waals surface area (Å²) in [6.07, 6.45) is 2.91. The number of aromatic nitrogens is 2. The molecule has 2 aromatic rings. The molecule has 1 unspecified atom stereocenters. The zero-order chi connectivity index (χ0) is 15.4. The molecular weight excluding hydrogens is 344 g/mol. The summed E-state index contributed by atoms with van der Waals surface area (Å²) in [4.78, 5) is 8.18. The molecule has 1 atom stereocenters. The fourth-order valence-corrected chi connectivity index (χ4v) is 2.46. The van der Waals surface area contributed by atoms with Gasteiger partial charge in [0, 0.05) is 22.4 Å². The van der Waals surface area contributed by atoms with E-state index in [0.717, 1.165) is 0 Å². The second-order valence-electron chi connectivity index (χ2n) is 4.22. The number of hydrogen-bond donors (Lipinski definition) is 1. The molecule has 4 nitrogen and oxygen atoms in total. The molecule has 1 N–H and O–H groups in total. The monoisotopic (exact) mass is 357 g/mol. The molecular formula is C14H14BrF2N3O. The van der Waals surface area contributed by atoms with Crippen molar-refractivity contribution in [2.75, 3.05) is 13.7 Å². The number of methoxy groups -OCH3 is 1. The molecule has 0 aliphatic rings. The molecule has 21 heavy (non-hydrogen) atoms. The minimum atomic E-state index is -0.785. The van der Waals surface area contributed by atoms with Crippen molar-refractivity contribution in [2.24, 2.45) is 0 Å². The van der Waals surface area contributed by atoms with Gasteiger partial charge in [-0.15, -0.1) is 0 Å². The van der Waals surface area contributed by atoms with Crippen molar-refractivity contribution in [2.45, 2.75) is 13.0 Å². The molecule has 0 fully saturated rings. The third-order valence-electron chi connectivity index (χ3n) is 2.90. The third-order valence-corrected chi connectivity index (χ3v) is 3.36. The van der Waals surface area contributed by atoms with E-state index in [9.17, 15) is 8.78 Å². The van der Waals surface area contributed by atoms with Crippen LogP contribution in [0.3, 0.4) is 0 Å². The maximum atomic E-state index is 14.2. The lowest BCUT2D eigenvalue weighted by molar-refractivity contribution is 0.380. The van der Waals surface area contributed by atoms with Crippen molar-refractivity contribution in [3.8, 4) is 5.88 Å². The fourth-order valence-electron chi connectivity index (χ4n) is 2.06. The Morgan fingerprint density at radius 3 is 2.43 bits per heavy atom. The Labute approximate surface area is 129 Å². The number of nitrogens with zero attached hydrogens (tertiary/aromatic N) is 2. The smallest absolute Gasteiger partial charge is 0.237 e. The molecule has 0 saturated carbocycles. The summed E-state index contributed by atoms with van der Waals surface area (Å²) in [5.41, 5.74) is 0.223. The maximum Gasteiger partial charge on any atom is 0.237 e. The average Bonchev–Trinajstić information content (AvgIpc) is 2.45. The van der Waals surface area contributed by atoms with Crippen molar-refractivity contribution in [1.29, 1.82) is 0 Å². The van der Waals surface area contributed by atoms with E-state index in [0.29, 0.717) is 16.7 Å². The number of halogens is 3. The Balaban J connectivity index is 2.59. The van der Waals surface area contributed by atoms with Crippen molar-refractivity contribution >= 4 is 15.9 Å². The van der Waals surface area contributed by atoms with Crippen molar-refractivity contribution in [3.63, 3.8) is 0 Å². The predicted octanol–water partition coefficient (Wildman–Crippen LogP) is 3.22. The first-order valence-corrected chi connectivity index (χ1v) is 7.10. The van der Waals surface area contributed by atoms with Gasteiger partial charge in [0.25, 0.3) is 0 Å². The Hall–Kier alpha value is -1.60. The van der Waals surface area contributed by atoms with Gasteiger partial charge < -0.3 is 10.1 Å². The lowest BCUT2D eigenvalue weighted by atomic mass is 10.0. The number of benzene rings is 1. The van der Waals surface area contributed by atoms with Gasteiger partial charge in [-0.2, -0.15) is 0 Å². The number of hydrogen-bond acceptors (Lipinski definition) is 4. The fraction of sp³-hybridized carbons (Fsp3) is 0.286. The van der Waals surface area contributed by atoms with E-state index in [2.05, 4.69) is 31.2 Å². The number of ether oxygens (including phenoxy) is 1. The molecule has 112 valence electrons. The molecule has 1 aromatic carbocycles. The van der Waals surface area contributed by atoms with Crippen LogP contribution in [0.5, 0.6) is 5.88 Å². The topological polar surface area (TPSA) is 47.0 Å². The second kappa shape index (κ2) is 6.91. The van der Waals surface area contributed by atoms with Crippen LogP contribution >= 0.6 is 15.9 Å². The summed E-state index contributed by atoms with van der Waals surface area (Å²) < 4.78 is 33.9. The molecule has 0 aliphatic carbocycles. The summed E-state index contributed by atoms with van der Waals surface area (Å²) >= 11 is 3.07. The van der Waals surface area contributed by atoms with Crippen LogP contribution in [0.4, 0.5) is 8.78 Å². The Morgan fingerprint density at radius 2 is 1.86 bits per heavy atom. The first kappa shape index (κ1) is 15.8. The number of rotatable bonds is 5. The lowest BCUT2D eigenvalue weighted by Crippen LogP contribution is -2.26. The van der Waals surface area contributed by atoms with Gasteiger partial charge in [-0.25, -0.2) is 13.8 Å². The molecule has 0 aliphatic heterocycles. The van der Waals surface area contributed by atoms with Crippen molar-refractivity contribution in [1.82, 2.24) is 15.3 Å². The Morgan fingerprint density at radius 1 is 1.24 bits per heavy atom. The van der Waals surface area contributed by atoms with Crippen molar-refractivity contribution < 1.29 is 13.5 Å². The minimum Gasteiger partial charge on any atom is -0.480 e. The van der Waals surface area contributed by atoms with Gasteiger partial charge in [0.15, 0.2) is 0 Å². The van der Waals surface area contributed by atoms with Crippen LogP contribution in [0, 0.1) is 11.6 Å². The van der Waals surface area contributed by atoms with Crippen LogP contribution in [0.1, 0.15) is 24.2 Å². The molecule has 0 spiro atoms.